The van der Waals surface area contributed by atoms with Gasteiger partial charge in [0.2, 0.25) is 0 Å². The van der Waals surface area contributed by atoms with Gasteiger partial charge in [-0.25, -0.2) is 0 Å². The summed E-state index contributed by atoms with van der Waals surface area (Å²) < 4.78 is 1.68. The van der Waals surface area contributed by atoms with Crippen molar-refractivity contribution in [1.29, 1.82) is 0 Å². The van der Waals surface area contributed by atoms with E-state index in [1.807, 2.05) is 18.9 Å². The van der Waals surface area contributed by atoms with Crippen LogP contribution in [0, 0.1) is 12.3 Å². The Morgan fingerprint density at radius 2 is 2.16 bits per heavy atom. The van der Waals surface area contributed by atoms with Crippen LogP contribution in [0.2, 0.25) is 0 Å². The molecule has 1 aromatic rings. The van der Waals surface area contributed by atoms with Gasteiger partial charge in [-0.05, 0) is 18.8 Å². The molecule has 0 aliphatic carbocycles. The molecule has 1 aliphatic rings. The van der Waals surface area contributed by atoms with E-state index in [0.717, 1.165) is 18.7 Å². The van der Waals surface area contributed by atoms with Crippen LogP contribution in [-0.4, -0.2) is 39.7 Å². The van der Waals surface area contributed by atoms with E-state index >= 15 is 0 Å². The Hall–Kier alpha value is -1.07. The summed E-state index contributed by atoms with van der Waals surface area (Å²) >= 11 is 0. The summed E-state index contributed by atoms with van der Waals surface area (Å²) in [5.41, 5.74) is 7.55. The monoisotopic (exact) mass is 286 g/mol. The van der Waals surface area contributed by atoms with Crippen molar-refractivity contribution in [3.8, 4) is 0 Å². The van der Waals surface area contributed by atoms with Crippen LogP contribution in [0.25, 0.3) is 0 Å². The van der Waals surface area contributed by atoms with Crippen molar-refractivity contribution in [2.45, 2.75) is 33.2 Å². The number of nitrogens with two attached hydrogens (primary N) is 1. The van der Waals surface area contributed by atoms with Gasteiger partial charge < -0.3 is 10.6 Å². The lowest BCUT2D eigenvalue weighted by Gasteiger charge is -2.42. The number of hydrogen-bond donors (Lipinski definition) is 1. The van der Waals surface area contributed by atoms with Crippen LogP contribution in [0.5, 0.6) is 0 Å². The molecule has 2 heterocycles. The number of hydrogen-bond acceptors (Lipinski definition) is 3. The number of piperidine rings is 1. The summed E-state index contributed by atoms with van der Waals surface area (Å²) in [6.07, 6.45) is 2.65. The molecule has 0 spiro atoms. The number of carbonyl (C=O) groups excluding carboxylic acids is 1. The normalized spacial score (nSPS) is 21.9. The summed E-state index contributed by atoms with van der Waals surface area (Å²) in [4.78, 5) is 14.4. The van der Waals surface area contributed by atoms with Gasteiger partial charge in [0, 0.05) is 32.4 Å². The van der Waals surface area contributed by atoms with E-state index in [1.165, 1.54) is 0 Å². The van der Waals surface area contributed by atoms with Gasteiger partial charge in [-0.15, -0.1) is 12.4 Å². The zero-order valence-electron chi connectivity index (χ0n) is 12.0. The largest absolute Gasteiger partial charge is 0.338 e. The smallest absolute Gasteiger partial charge is 0.257 e. The van der Waals surface area contributed by atoms with E-state index in [-0.39, 0.29) is 29.8 Å². The van der Waals surface area contributed by atoms with Crippen LogP contribution in [0.1, 0.15) is 36.3 Å². The highest BCUT2D eigenvalue weighted by Gasteiger charge is 2.36. The van der Waals surface area contributed by atoms with Crippen LogP contribution in [-0.2, 0) is 7.05 Å². The number of likely N-dealkylation sites (tertiary alicyclic amines) is 1. The second-order valence-electron chi connectivity index (χ2n) is 5.91. The number of amides is 1. The average Bonchev–Trinajstić information content (AvgIpc) is 2.60. The fourth-order valence-electron chi connectivity index (χ4n) is 2.53. The lowest BCUT2D eigenvalue weighted by Crippen LogP contribution is -2.54. The SMILES string of the molecule is Cc1nn(C)cc1C(=O)N1CCC(N)C(C)(C)C1.Cl. The first-order valence-corrected chi connectivity index (χ1v) is 6.36. The maximum atomic E-state index is 12.5. The number of rotatable bonds is 1. The highest BCUT2D eigenvalue weighted by atomic mass is 35.5. The van der Waals surface area contributed by atoms with Crippen molar-refractivity contribution in [3.05, 3.63) is 17.5 Å². The number of aryl methyl sites for hydroxylation is 2. The van der Waals surface area contributed by atoms with Gasteiger partial charge in [0.25, 0.3) is 5.91 Å². The van der Waals surface area contributed by atoms with Gasteiger partial charge in [-0.3, -0.25) is 9.48 Å². The van der Waals surface area contributed by atoms with Gasteiger partial charge in [-0.2, -0.15) is 5.10 Å². The van der Waals surface area contributed by atoms with Gasteiger partial charge in [0.15, 0.2) is 0 Å². The predicted molar refractivity (Wildman–Crippen MR) is 77.5 cm³/mol. The third-order valence-corrected chi connectivity index (χ3v) is 3.84. The first-order valence-electron chi connectivity index (χ1n) is 6.36. The molecule has 1 aromatic heterocycles. The first kappa shape index (κ1) is 16.0. The molecule has 1 fully saturated rings. The van der Waals surface area contributed by atoms with Crippen LogP contribution >= 0.6 is 12.4 Å². The molecule has 0 radical (unpaired) electrons. The first-order chi connectivity index (χ1) is 8.31. The molecule has 1 aliphatic heterocycles. The zero-order valence-corrected chi connectivity index (χ0v) is 12.8. The third kappa shape index (κ3) is 3.09. The van der Waals surface area contributed by atoms with Gasteiger partial charge in [0.1, 0.15) is 0 Å². The lowest BCUT2D eigenvalue weighted by molar-refractivity contribution is 0.0532. The van der Waals surface area contributed by atoms with Gasteiger partial charge >= 0.3 is 0 Å². The highest BCUT2D eigenvalue weighted by Crippen LogP contribution is 2.28. The maximum Gasteiger partial charge on any atom is 0.257 e. The van der Waals surface area contributed by atoms with Crippen LogP contribution in [0.4, 0.5) is 0 Å². The molecule has 19 heavy (non-hydrogen) atoms. The minimum Gasteiger partial charge on any atom is -0.338 e. The molecule has 0 saturated carbocycles. The van der Waals surface area contributed by atoms with E-state index < -0.39 is 0 Å². The van der Waals surface area contributed by atoms with Crippen molar-refractivity contribution in [2.24, 2.45) is 18.2 Å². The summed E-state index contributed by atoms with van der Waals surface area (Å²) in [6, 6.07) is 0.163. The molecular weight excluding hydrogens is 264 g/mol. The molecule has 2 N–H and O–H groups in total. The molecule has 108 valence electrons. The topological polar surface area (TPSA) is 64.2 Å². The summed E-state index contributed by atoms with van der Waals surface area (Å²) in [6.45, 7) is 7.55. The number of aromatic nitrogens is 2. The third-order valence-electron chi connectivity index (χ3n) is 3.84. The van der Waals surface area contributed by atoms with Crippen LogP contribution in [0.3, 0.4) is 0 Å². The molecule has 2 rings (SSSR count). The number of carbonyl (C=O) groups is 1. The molecule has 1 atom stereocenters. The highest BCUT2D eigenvalue weighted by molar-refractivity contribution is 5.95. The number of nitrogens with zero attached hydrogens (tertiary/aromatic N) is 3. The van der Waals surface area contributed by atoms with Crippen molar-refractivity contribution in [2.75, 3.05) is 13.1 Å². The molecule has 1 amide bonds. The lowest BCUT2D eigenvalue weighted by atomic mass is 9.79. The van der Waals surface area contributed by atoms with Gasteiger partial charge in [-0.1, -0.05) is 13.8 Å². The fourth-order valence-corrected chi connectivity index (χ4v) is 2.53. The van der Waals surface area contributed by atoms with Crippen molar-refractivity contribution >= 4 is 18.3 Å². The summed E-state index contributed by atoms with van der Waals surface area (Å²) in [7, 11) is 1.83. The van der Waals surface area contributed by atoms with Crippen LogP contribution in [0.15, 0.2) is 6.20 Å². The number of halogens is 1. The zero-order chi connectivity index (χ0) is 13.5. The van der Waals surface area contributed by atoms with E-state index in [1.54, 1.807) is 10.9 Å². The minimum absolute atomic E-state index is 0. The average molecular weight is 287 g/mol. The molecule has 6 heteroatoms. The second-order valence-corrected chi connectivity index (χ2v) is 5.91. The predicted octanol–water partition coefficient (Wildman–Crippen LogP) is 1.35. The quantitative estimate of drug-likeness (QED) is 0.847. The molecular formula is C13H23ClN4O. The molecule has 0 aromatic carbocycles. The summed E-state index contributed by atoms with van der Waals surface area (Å²) in [5.74, 6) is 0.0700. The Bertz CT molecular complexity index is 469. The van der Waals surface area contributed by atoms with Crippen molar-refractivity contribution in [1.82, 2.24) is 14.7 Å². The van der Waals surface area contributed by atoms with E-state index in [2.05, 4.69) is 18.9 Å². The van der Waals surface area contributed by atoms with Crippen molar-refractivity contribution in [3.63, 3.8) is 0 Å². The Morgan fingerprint density at radius 1 is 1.53 bits per heavy atom. The second kappa shape index (κ2) is 5.51. The van der Waals surface area contributed by atoms with Crippen molar-refractivity contribution < 1.29 is 4.79 Å². The van der Waals surface area contributed by atoms with Gasteiger partial charge in [0.05, 0.1) is 11.3 Å². The van der Waals surface area contributed by atoms with Crippen LogP contribution < -0.4 is 5.73 Å². The van der Waals surface area contributed by atoms with E-state index in [0.29, 0.717) is 12.1 Å². The molecule has 5 nitrogen and oxygen atoms in total. The molecule has 1 unspecified atom stereocenters. The Kier molecular flexibility index (Phi) is 4.63. The Balaban J connectivity index is 0.00000180. The summed E-state index contributed by atoms with van der Waals surface area (Å²) in [5, 5.41) is 4.22. The minimum atomic E-state index is -0.0238. The molecule has 1 saturated heterocycles. The van der Waals surface area contributed by atoms with E-state index in [9.17, 15) is 4.79 Å². The Labute approximate surface area is 120 Å². The van der Waals surface area contributed by atoms with E-state index in [4.69, 9.17) is 5.73 Å². The Morgan fingerprint density at radius 3 is 2.63 bits per heavy atom. The maximum absolute atomic E-state index is 12.5. The standard InChI is InChI=1S/C13H22N4O.ClH/c1-9-10(7-16(4)15-9)12(18)17-6-5-11(14)13(2,3)8-17;/h7,11H,5-6,8,14H2,1-4H3;1H. The fraction of sp³-hybridized carbons (Fsp3) is 0.692. The molecule has 0 bridgehead atoms.